The first kappa shape index (κ1) is 18.8. The molecule has 1 amide bonds. The number of ether oxygens (including phenoxy) is 1. The summed E-state index contributed by atoms with van der Waals surface area (Å²) in [6.45, 7) is 2.29. The van der Waals surface area contributed by atoms with Gasteiger partial charge in [0.05, 0.1) is 25.6 Å². The first-order chi connectivity index (χ1) is 11.8. The molecule has 0 aliphatic rings. The maximum absolute atomic E-state index is 12.1. The summed E-state index contributed by atoms with van der Waals surface area (Å²) in [4.78, 5) is 12.1. The summed E-state index contributed by atoms with van der Waals surface area (Å²) in [5, 5.41) is 2.74. The van der Waals surface area contributed by atoms with E-state index in [1.54, 1.807) is 43.5 Å². The number of nitrogens with one attached hydrogen (secondary N) is 1. The van der Waals surface area contributed by atoms with Crippen LogP contribution in [0.25, 0.3) is 0 Å². The van der Waals surface area contributed by atoms with Gasteiger partial charge < -0.3 is 10.1 Å². The fourth-order valence-electron chi connectivity index (χ4n) is 2.31. The van der Waals surface area contributed by atoms with Gasteiger partial charge in [0.2, 0.25) is 10.0 Å². The van der Waals surface area contributed by atoms with Gasteiger partial charge in [-0.25, -0.2) is 8.42 Å². The van der Waals surface area contributed by atoms with Crippen LogP contribution in [0.2, 0.25) is 0 Å². The largest absolute Gasteiger partial charge is 0.497 e. The maximum Gasteiger partial charge on any atom is 0.251 e. The van der Waals surface area contributed by atoms with Crippen molar-refractivity contribution in [3.05, 3.63) is 59.7 Å². The van der Waals surface area contributed by atoms with Crippen molar-refractivity contribution in [2.75, 3.05) is 30.8 Å². The Morgan fingerprint density at radius 3 is 2.20 bits per heavy atom. The lowest BCUT2D eigenvalue weighted by Gasteiger charge is -2.22. The van der Waals surface area contributed by atoms with Gasteiger partial charge in [0.25, 0.3) is 5.91 Å². The highest BCUT2D eigenvalue weighted by atomic mass is 32.2. The molecule has 2 aromatic carbocycles. The smallest absolute Gasteiger partial charge is 0.251 e. The quantitative estimate of drug-likeness (QED) is 0.819. The Hall–Kier alpha value is -2.54. The van der Waals surface area contributed by atoms with Crippen LogP contribution in [0, 0.1) is 6.92 Å². The van der Waals surface area contributed by atoms with E-state index in [0.717, 1.165) is 11.8 Å². The Labute approximate surface area is 148 Å². The summed E-state index contributed by atoms with van der Waals surface area (Å²) in [7, 11) is -1.92. The lowest BCUT2D eigenvalue weighted by molar-refractivity contribution is 0.0955. The summed E-state index contributed by atoms with van der Waals surface area (Å²) >= 11 is 0. The minimum absolute atomic E-state index is 0.142. The van der Waals surface area contributed by atoms with Crippen LogP contribution in [-0.4, -0.2) is 40.8 Å². The number of carbonyl (C=O) groups is 1. The Morgan fingerprint density at radius 1 is 1.08 bits per heavy atom. The standard InChI is InChI=1S/C18H22N2O4S/c1-14-4-6-15(7-5-14)18(21)19-12-13-20(25(3,22)23)16-8-10-17(24-2)11-9-16/h4-11H,12-13H2,1-3H3,(H,19,21). The molecule has 0 radical (unpaired) electrons. The van der Waals surface area contributed by atoms with Gasteiger partial charge >= 0.3 is 0 Å². The number of benzene rings is 2. The molecule has 0 saturated heterocycles. The fraction of sp³-hybridized carbons (Fsp3) is 0.278. The molecule has 0 unspecified atom stereocenters. The van der Waals surface area contributed by atoms with Crippen LogP contribution < -0.4 is 14.4 Å². The first-order valence-corrected chi connectivity index (χ1v) is 9.63. The van der Waals surface area contributed by atoms with Crippen LogP contribution in [0.1, 0.15) is 15.9 Å². The molecule has 0 aromatic heterocycles. The van der Waals surface area contributed by atoms with Crippen molar-refractivity contribution < 1.29 is 17.9 Å². The fourth-order valence-corrected chi connectivity index (χ4v) is 3.24. The average molecular weight is 362 g/mol. The molecule has 0 heterocycles. The third-order valence-corrected chi connectivity index (χ3v) is 4.87. The number of hydrogen-bond donors (Lipinski definition) is 1. The summed E-state index contributed by atoms with van der Waals surface area (Å²) in [6.07, 6.45) is 1.14. The molecule has 0 aliphatic carbocycles. The van der Waals surface area contributed by atoms with Crippen molar-refractivity contribution in [1.29, 1.82) is 0 Å². The lowest BCUT2D eigenvalue weighted by atomic mass is 10.1. The van der Waals surface area contributed by atoms with Gasteiger partial charge in [0.15, 0.2) is 0 Å². The van der Waals surface area contributed by atoms with Crippen molar-refractivity contribution in [3.63, 3.8) is 0 Å². The highest BCUT2D eigenvalue weighted by Gasteiger charge is 2.17. The van der Waals surface area contributed by atoms with E-state index < -0.39 is 10.0 Å². The van der Waals surface area contributed by atoms with E-state index in [-0.39, 0.29) is 19.0 Å². The summed E-state index contributed by atoms with van der Waals surface area (Å²) in [5.74, 6) is 0.410. The highest BCUT2D eigenvalue weighted by molar-refractivity contribution is 7.92. The number of hydrogen-bond acceptors (Lipinski definition) is 4. The van der Waals surface area contributed by atoms with Gasteiger partial charge in [-0.05, 0) is 43.3 Å². The van der Waals surface area contributed by atoms with E-state index in [2.05, 4.69) is 5.32 Å². The van der Waals surface area contributed by atoms with Gasteiger partial charge in [-0.15, -0.1) is 0 Å². The number of nitrogens with zero attached hydrogens (tertiary/aromatic N) is 1. The minimum Gasteiger partial charge on any atom is -0.497 e. The molecule has 2 aromatic rings. The molecule has 0 fully saturated rings. The zero-order valence-corrected chi connectivity index (χ0v) is 15.3. The van der Waals surface area contributed by atoms with E-state index in [0.29, 0.717) is 17.0 Å². The van der Waals surface area contributed by atoms with E-state index in [1.165, 1.54) is 4.31 Å². The van der Waals surface area contributed by atoms with Gasteiger partial charge in [0.1, 0.15) is 5.75 Å². The number of methoxy groups -OCH3 is 1. The number of aryl methyl sites for hydroxylation is 1. The van der Waals surface area contributed by atoms with Crippen molar-refractivity contribution in [2.24, 2.45) is 0 Å². The van der Waals surface area contributed by atoms with E-state index in [1.807, 2.05) is 19.1 Å². The third-order valence-electron chi connectivity index (χ3n) is 3.67. The average Bonchev–Trinajstić information content (AvgIpc) is 2.58. The lowest BCUT2D eigenvalue weighted by Crippen LogP contribution is -2.38. The second-order valence-corrected chi connectivity index (χ2v) is 7.56. The monoisotopic (exact) mass is 362 g/mol. The Bertz CT molecular complexity index is 815. The molecule has 6 nitrogen and oxygen atoms in total. The van der Waals surface area contributed by atoms with Crippen LogP contribution >= 0.6 is 0 Å². The van der Waals surface area contributed by atoms with Crippen molar-refractivity contribution in [3.8, 4) is 5.75 Å². The van der Waals surface area contributed by atoms with E-state index in [9.17, 15) is 13.2 Å². The Kier molecular flexibility index (Phi) is 6.03. The normalized spacial score (nSPS) is 11.0. The summed E-state index contributed by atoms with van der Waals surface area (Å²) in [6, 6.07) is 13.9. The molecule has 0 spiro atoms. The molecule has 0 atom stereocenters. The third kappa shape index (κ3) is 5.22. The van der Waals surface area contributed by atoms with Crippen LogP contribution in [0.3, 0.4) is 0 Å². The molecular formula is C18H22N2O4S. The second-order valence-electron chi connectivity index (χ2n) is 5.66. The maximum atomic E-state index is 12.1. The molecule has 1 N–H and O–H groups in total. The first-order valence-electron chi connectivity index (χ1n) is 7.78. The Balaban J connectivity index is 2.03. The number of amides is 1. The topological polar surface area (TPSA) is 75.7 Å². The van der Waals surface area contributed by atoms with Crippen LogP contribution in [0.4, 0.5) is 5.69 Å². The molecular weight excluding hydrogens is 340 g/mol. The molecule has 2 rings (SSSR count). The van der Waals surface area contributed by atoms with E-state index in [4.69, 9.17) is 4.74 Å². The van der Waals surface area contributed by atoms with E-state index >= 15 is 0 Å². The van der Waals surface area contributed by atoms with Crippen molar-refractivity contribution >= 4 is 21.6 Å². The number of anilines is 1. The van der Waals surface area contributed by atoms with Gasteiger partial charge in [0, 0.05) is 12.1 Å². The van der Waals surface area contributed by atoms with Gasteiger partial charge in [-0.2, -0.15) is 0 Å². The number of rotatable bonds is 7. The van der Waals surface area contributed by atoms with Gasteiger partial charge in [-0.1, -0.05) is 17.7 Å². The SMILES string of the molecule is COc1ccc(N(CCNC(=O)c2ccc(C)cc2)S(C)(=O)=O)cc1. The molecule has 0 saturated carbocycles. The van der Waals surface area contributed by atoms with Crippen LogP contribution in [-0.2, 0) is 10.0 Å². The Morgan fingerprint density at radius 2 is 1.68 bits per heavy atom. The molecule has 25 heavy (non-hydrogen) atoms. The zero-order chi connectivity index (χ0) is 18.4. The zero-order valence-electron chi connectivity index (χ0n) is 14.5. The summed E-state index contributed by atoms with van der Waals surface area (Å²) in [5.41, 5.74) is 2.13. The van der Waals surface area contributed by atoms with Crippen LogP contribution in [0.5, 0.6) is 5.75 Å². The number of carbonyl (C=O) groups excluding carboxylic acids is 1. The minimum atomic E-state index is -3.46. The predicted molar refractivity (Wildman–Crippen MR) is 98.7 cm³/mol. The molecule has 7 heteroatoms. The second kappa shape index (κ2) is 8.02. The summed E-state index contributed by atoms with van der Waals surface area (Å²) < 4.78 is 30.4. The predicted octanol–water partition coefficient (Wildman–Crippen LogP) is 2.20. The van der Waals surface area contributed by atoms with Gasteiger partial charge in [-0.3, -0.25) is 9.10 Å². The molecule has 0 aliphatic heterocycles. The van der Waals surface area contributed by atoms with Crippen molar-refractivity contribution in [2.45, 2.75) is 6.92 Å². The number of sulfonamides is 1. The molecule has 0 bridgehead atoms. The van der Waals surface area contributed by atoms with Crippen LogP contribution in [0.15, 0.2) is 48.5 Å². The highest BCUT2D eigenvalue weighted by Crippen LogP contribution is 2.21. The molecule has 134 valence electrons. The van der Waals surface area contributed by atoms with Crippen molar-refractivity contribution in [1.82, 2.24) is 5.32 Å².